The fourth-order valence-corrected chi connectivity index (χ4v) is 6.70. The highest BCUT2D eigenvalue weighted by Crippen LogP contribution is 2.37. The summed E-state index contributed by atoms with van der Waals surface area (Å²) in [6, 6.07) is 19.1. The van der Waals surface area contributed by atoms with Crippen LogP contribution in [-0.2, 0) is 15.6 Å². The molecule has 0 aliphatic carbocycles. The molecule has 184 valence electrons. The Hall–Kier alpha value is -3.63. The Bertz CT molecular complexity index is 1620. The zero-order chi connectivity index (χ0) is 25.5. The SMILES string of the molecule is CC1(c2cc(NC(=O)c3cn(S(=O)(=O)c4ccccc4)c4ccccc34)ccc2F)CCSC(N)=N1. The number of amidine groups is 1. The molecular weight excluding hydrogens is 499 g/mol. The fraction of sp³-hybridized carbons (Fsp3) is 0.154. The van der Waals surface area contributed by atoms with Gasteiger partial charge in [-0.1, -0.05) is 48.2 Å². The van der Waals surface area contributed by atoms with Gasteiger partial charge < -0.3 is 11.1 Å². The molecule has 0 spiro atoms. The number of benzene rings is 3. The number of carbonyl (C=O) groups is 1. The summed E-state index contributed by atoms with van der Waals surface area (Å²) in [7, 11) is -3.93. The van der Waals surface area contributed by atoms with Gasteiger partial charge in [-0.15, -0.1) is 0 Å². The molecule has 1 amide bonds. The van der Waals surface area contributed by atoms with Crippen LogP contribution in [0.1, 0.15) is 29.3 Å². The van der Waals surface area contributed by atoms with Crippen LogP contribution < -0.4 is 11.1 Å². The predicted octanol–water partition coefficient (Wildman–Crippen LogP) is 4.94. The molecule has 0 saturated carbocycles. The van der Waals surface area contributed by atoms with Crippen LogP contribution in [0, 0.1) is 5.82 Å². The van der Waals surface area contributed by atoms with Crippen LogP contribution in [0.15, 0.2) is 88.9 Å². The van der Waals surface area contributed by atoms with E-state index in [0.29, 0.717) is 39.5 Å². The number of rotatable bonds is 5. The van der Waals surface area contributed by atoms with E-state index in [2.05, 4.69) is 10.3 Å². The Kier molecular flexibility index (Phi) is 6.09. The lowest BCUT2D eigenvalue weighted by Gasteiger charge is -2.30. The predicted molar refractivity (Wildman–Crippen MR) is 141 cm³/mol. The van der Waals surface area contributed by atoms with Crippen LogP contribution in [0.2, 0.25) is 0 Å². The summed E-state index contributed by atoms with van der Waals surface area (Å²) in [4.78, 5) is 17.9. The summed E-state index contributed by atoms with van der Waals surface area (Å²) < 4.78 is 42.6. The molecule has 10 heteroatoms. The zero-order valence-corrected chi connectivity index (χ0v) is 20.9. The molecule has 1 aliphatic heterocycles. The first-order chi connectivity index (χ1) is 17.2. The van der Waals surface area contributed by atoms with Gasteiger partial charge in [0.1, 0.15) is 5.82 Å². The van der Waals surface area contributed by atoms with E-state index in [1.54, 1.807) is 48.5 Å². The topological polar surface area (TPSA) is 107 Å². The largest absolute Gasteiger partial charge is 0.379 e. The minimum atomic E-state index is -3.93. The standard InChI is InChI=1S/C26H23FN4O3S2/c1-26(13-14-35-25(28)30-26)21-15-17(11-12-22(21)27)29-24(32)20-16-31(23-10-6-5-9-19(20)23)36(33,34)18-7-3-2-4-8-18/h2-12,15-16H,13-14H2,1H3,(H2,28,30)(H,29,32). The van der Waals surface area contributed by atoms with Gasteiger partial charge in [-0.3, -0.25) is 9.79 Å². The number of aromatic nitrogens is 1. The number of fused-ring (bicyclic) bond motifs is 1. The number of carbonyl (C=O) groups excluding carboxylic acids is 1. The Labute approximate surface area is 212 Å². The number of nitrogens with zero attached hydrogens (tertiary/aromatic N) is 2. The summed E-state index contributed by atoms with van der Waals surface area (Å²) >= 11 is 1.42. The number of nitrogens with two attached hydrogens (primary N) is 1. The third-order valence-corrected chi connectivity index (χ3v) is 8.71. The molecule has 36 heavy (non-hydrogen) atoms. The van der Waals surface area contributed by atoms with Gasteiger partial charge in [0.15, 0.2) is 5.17 Å². The van der Waals surface area contributed by atoms with Crippen molar-refractivity contribution in [3.05, 3.63) is 95.9 Å². The van der Waals surface area contributed by atoms with Crippen molar-refractivity contribution in [2.45, 2.75) is 23.8 Å². The maximum Gasteiger partial charge on any atom is 0.268 e. The number of aliphatic imine (C=N–C) groups is 1. The van der Waals surface area contributed by atoms with Gasteiger partial charge in [0.2, 0.25) is 0 Å². The van der Waals surface area contributed by atoms with Gasteiger partial charge in [-0.05, 0) is 49.7 Å². The van der Waals surface area contributed by atoms with E-state index in [4.69, 9.17) is 5.73 Å². The van der Waals surface area contributed by atoms with Crippen molar-refractivity contribution in [1.29, 1.82) is 0 Å². The molecular formula is C26H23FN4O3S2. The van der Waals surface area contributed by atoms with Crippen LogP contribution >= 0.6 is 11.8 Å². The number of hydrogen-bond donors (Lipinski definition) is 2. The number of anilines is 1. The molecule has 0 radical (unpaired) electrons. The van der Waals surface area contributed by atoms with Crippen LogP contribution in [0.25, 0.3) is 10.9 Å². The second-order valence-corrected chi connectivity index (χ2v) is 11.6. The lowest BCUT2D eigenvalue weighted by Crippen LogP contribution is -2.29. The van der Waals surface area contributed by atoms with Crippen molar-refractivity contribution in [2.75, 3.05) is 11.1 Å². The Morgan fingerprint density at radius 1 is 1.11 bits per heavy atom. The Morgan fingerprint density at radius 3 is 2.58 bits per heavy atom. The first-order valence-electron chi connectivity index (χ1n) is 11.2. The highest BCUT2D eigenvalue weighted by atomic mass is 32.2. The van der Waals surface area contributed by atoms with Crippen molar-refractivity contribution >= 4 is 49.5 Å². The van der Waals surface area contributed by atoms with Crippen molar-refractivity contribution in [3.63, 3.8) is 0 Å². The van der Waals surface area contributed by atoms with Gasteiger partial charge >= 0.3 is 0 Å². The average Bonchev–Trinajstić information content (AvgIpc) is 3.26. The van der Waals surface area contributed by atoms with Crippen molar-refractivity contribution in [1.82, 2.24) is 3.97 Å². The first kappa shape index (κ1) is 24.1. The molecule has 1 aliphatic rings. The average molecular weight is 523 g/mol. The van der Waals surface area contributed by atoms with Crippen molar-refractivity contribution < 1.29 is 17.6 Å². The summed E-state index contributed by atoms with van der Waals surface area (Å²) in [5.41, 5.74) is 6.30. The van der Waals surface area contributed by atoms with Gasteiger partial charge in [0.25, 0.3) is 15.9 Å². The molecule has 0 saturated heterocycles. The van der Waals surface area contributed by atoms with E-state index in [0.717, 1.165) is 3.97 Å². The van der Waals surface area contributed by atoms with E-state index in [9.17, 15) is 17.6 Å². The number of halogens is 1. The van der Waals surface area contributed by atoms with E-state index >= 15 is 0 Å². The number of para-hydroxylation sites is 1. The molecule has 4 aromatic rings. The molecule has 0 bridgehead atoms. The minimum absolute atomic E-state index is 0.111. The lowest BCUT2D eigenvalue weighted by molar-refractivity contribution is 0.102. The molecule has 5 rings (SSSR count). The number of nitrogens with one attached hydrogen (secondary N) is 1. The second kappa shape index (κ2) is 9.11. The lowest BCUT2D eigenvalue weighted by atomic mass is 9.89. The third kappa shape index (κ3) is 4.27. The molecule has 0 fully saturated rings. The van der Waals surface area contributed by atoms with Gasteiger partial charge in [0.05, 0.1) is 21.5 Å². The Balaban J connectivity index is 1.53. The first-order valence-corrected chi connectivity index (χ1v) is 13.6. The number of hydrogen-bond acceptors (Lipinski definition) is 6. The molecule has 1 atom stereocenters. The van der Waals surface area contributed by atoms with Gasteiger partial charge in [0, 0.05) is 28.6 Å². The van der Waals surface area contributed by atoms with Crippen LogP contribution in [0.3, 0.4) is 0 Å². The maximum absolute atomic E-state index is 14.8. The summed E-state index contributed by atoms with van der Waals surface area (Å²) in [6.07, 6.45) is 1.91. The van der Waals surface area contributed by atoms with Crippen LogP contribution in [-0.4, -0.2) is 29.2 Å². The smallest absolute Gasteiger partial charge is 0.268 e. The van der Waals surface area contributed by atoms with Crippen LogP contribution in [0.4, 0.5) is 10.1 Å². The molecule has 3 aromatic carbocycles. The maximum atomic E-state index is 14.8. The molecule has 7 nitrogen and oxygen atoms in total. The summed E-state index contributed by atoms with van der Waals surface area (Å²) in [5.74, 6) is -0.250. The number of amides is 1. The highest BCUT2D eigenvalue weighted by Gasteiger charge is 2.32. The Morgan fingerprint density at radius 2 is 1.83 bits per heavy atom. The van der Waals surface area contributed by atoms with Crippen molar-refractivity contribution in [3.8, 4) is 0 Å². The summed E-state index contributed by atoms with van der Waals surface area (Å²) in [5, 5.41) is 3.66. The fourth-order valence-electron chi connectivity index (χ4n) is 4.33. The highest BCUT2D eigenvalue weighted by molar-refractivity contribution is 8.13. The molecule has 1 aromatic heterocycles. The third-order valence-electron chi connectivity index (χ3n) is 6.22. The monoisotopic (exact) mass is 522 g/mol. The van der Waals surface area contributed by atoms with E-state index in [1.165, 1.54) is 42.2 Å². The van der Waals surface area contributed by atoms with E-state index in [-0.39, 0.29) is 10.5 Å². The van der Waals surface area contributed by atoms with E-state index < -0.39 is 27.3 Å². The van der Waals surface area contributed by atoms with E-state index in [1.807, 2.05) is 6.92 Å². The van der Waals surface area contributed by atoms with Gasteiger partial charge in [-0.25, -0.2) is 16.8 Å². The molecule has 2 heterocycles. The minimum Gasteiger partial charge on any atom is -0.379 e. The summed E-state index contributed by atoms with van der Waals surface area (Å²) in [6.45, 7) is 1.81. The zero-order valence-electron chi connectivity index (χ0n) is 19.3. The quantitative estimate of drug-likeness (QED) is 0.386. The normalized spacial score (nSPS) is 18.1. The van der Waals surface area contributed by atoms with Crippen molar-refractivity contribution in [2.24, 2.45) is 10.7 Å². The second-order valence-electron chi connectivity index (χ2n) is 8.64. The molecule has 1 unspecified atom stereocenters. The molecule has 3 N–H and O–H groups in total. The van der Waals surface area contributed by atoms with Gasteiger partial charge in [-0.2, -0.15) is 0 Å². The van der Waals surface area contributed by atoms with Crippen LogP contribution in [0.5, 0.6) is 0 Å². The number of thioether (sulfide) groups is 1.